The van der Waals surface area contributed by atoms with Crippen LogP contribution < -0.4 is 5.32 Å². The summed E-state index contributed by atoms with van der Waals surface area (Å²) in [6, 6.07) is 0.207. The van der Waals surface area contributed by atoms with Crippen LogP contribution in [0.2, 0.25) is 0 Å². The summed E-state index contributed by atoms with van der Waals surface area (Å²) in [6.07, 6.45) is 3.63. The van der Waals surface area contributed by atoms with Gasteiger partial charge in [-0.25, -0.2) is 0 Å². The molecule has 0 aromatic heterocycles. The molecule has 2 aliphatic heterocycles. The van der Waals surface area contributed by atoms with Crippen LogP contribution in [0.25, 0.3) is 0 Å². The minimum Gasteiger partial charge on any atom is -0.334 e. The number of nitrogens with zero attached hydrogens (tertiary/aromatic N) is 1. The SMILES string of the molecule is N=C1NC=NC2C=CSC12. The minimum absolute atomic E-state index is 0.207. The van der Waals surface area contributed by atoms with Crippen LogP contribution in [0.3, 0.4) is 0 Å². The van der Waals surface area contributed by atoms with Crippen LogP contribution in [0.5, 0.6) is 0 Å². The summed E-state index contributed by atoms with van der Waals surface area (Å²) in [5.41, 5.74) is 0. The fraction of sp³-hybridized carbons (Fsp3) is 0.333. The van der Waals surface area contributed by atoms with E-state index in [0.717, 1.165) is 0 Å². The molecule has 2 aliphatic rings. The number of fused-ring (bicyclic) bond motifs is 1. The molecule has 0 aromatic carbocycles. The molecular formula is C6H7N3S. The van der Waals surface area contributed by atoms with Gasteiger partial charge < -0.3 is 5.32 Å². The Morgan fingerprint density at radius 1 is 1.70 bits per heavy atom. The third-order valence-corrected chi connectivity index (χ3v) is 2.68. The van der Waals surface area contributed by atoms with Gasteiger partial charge in [0.1, 0.15) is 5.84 Å². The first kappa shape index (κ1) is 5.97. The van der Waals surface area contributed by atoms with Crippen LogP contribution in [-0.2, 0) is 0 Å². The maximum Gasteiger partial charge on any atom is 0.115 e. The third kappa shape index (κ3) is 0.759. The number of rotatable bonds is 0. The Morgan fingerprint density at radius 2 is 2.60 bits per heavy atom. The van der Waals surface area contributed by atoms with Crippen LogP contribution in [0, 0.1) is 5.41 Å². The van der Waals surface area contributed by atoms with Crippen LogP contribution in [0.15, 0.2) is 16.5 Å². The smallest absolute Gasteiger partial charge is 0.115 e. The fourth-order valence-electron chi connectivity index (χ4n) is 1.03. The summed E-state index contributed by atoms with van der Waals surface area (Å²) in [4.78, 5) is 4.16. The van der Waals surface area contributed by atoms with Crippen molar-refractivity contribution in [3.63, 3.8) is 0 Å². The lowest BCUT2D eigenvalue weighted by Gasteiger charge is -2.19. The second-order valence-corrected chi connectivity index (χ2v) is 3.26. The van der Waals surface area contributed by atoms with Crippen LogP contribution in [0.4, 0.5) is 0 Å². The Bertz CT molecular complexity index is 221. The van der Waals surface area contributed by atoms with Gasteiger partial charge in [0.05, 0.1) is 17.6 Å². The molecule has 52 valence electrons. The summed E-state index contributed by atoms with van der Waals surface area (Å²) in [7, 11) is 0. The van der Waals surface area contributed by atoms with Gasteiger partial charge in [-0.2, -0.15) is 0 Å². The molecule has 2 rings (SSSR count). The average Bonchev–Trinajstić information content (AvgIpc) is 2.36. The molecular weight excluding hydrogens is 146 g/mol. The number of thioether (sulfide) groups is 1. The average molecular weight is 153 g/mol. The number of aliphatic imine (C=N–C) groups is 1. The minimum atomic E-state index is 0.207. The van der Waals surface area contributed by atoms with Gasteiger partial charge in [0.25, 0.3) is 0 Å². The Kier molecular flexibility index (Phi) is 1.27. The largest absolute Gasteiger partial charge is 0.334 e. The van der Waals surface area contributed by atoms with Crippen LogP contribution in [0.1, 0.15) is 0 Å². The second-order valence-electron chi connectivity index (χ2n) is 2.21. The summed E-state index contributed by atoms with van der Waals surface area (Å²) < 4.78 is 0. The van der Waals surface area contributed by atoms with Crippen molar-refractivity contribution in [2.24, 2.45) is 4.99 Å². The second kappa shape index (κ2) is 2.12. The number of nitrogens with one attached hydrogen (secondary N) is 2. The Morgan fingerprint density at radius 3 is 3.40 bits per heavy atom. The van der Waals surface area contributed by atoms with Gasteiger partial charge in [0.15, 0.2) is 0 Å². The van der Waals surface area contributed by atoms with Gasteiger partial charge in [-0.1, -0.05) is 6.08 Å². The van der Waals surface area contributed by atoms with Crippen molar-refractivity contribution in [3.8, 4) is 0 Å². The highest BCUT2D eigenvalue weighted by Gasteiger charge is 2.28. The van der Waals surface area contributed by atoms with Crippen LogP contribution >= 0.6 is 11.8 Å². The Hall–Kier alpha value is -0.770. The molecule has 2 N–H and O–H groups in total. The highest BCUT2D eigenvalue weighted by atomic mass is 32.2. The number of hydrogen-bond donors (Lipinski definition) is 2. The molecule has 4 heteroatoms. The topological polar surface area (TPSA) is 48.2 Å². The quantitative estimate of drug-likeness (QED) is 0.535. The number of hydrogen-bond acceptors (Lipinski definition) is 3. The molecule has 0 aliphatic carbocycles. The molecule has 0 aromatic rings. The lowest BCUT2D eigenvalue weighted by atomic mass is 10.2. The molecule has 0 spiro atoms. The van der Waals surface area contributed by atoms with Crippen molar-refractivity contribution < 1.29 is 0 Å². The van der Waals surface area contributed by atoms with E-state index in [1.807, 2.05) is 11.5 Å². The lowest BCUT2D eigenvalue weighted by molar-refractivity contribution is 0.849. The molecule has 0 saturated carbocycles. The molecule has 0 bridgehead atoms. The zero-order valence-corrected chi connectivity index (χ0v) is 6.06. The molecule has 3 nitrogen and oxygen atoms in total. The Labute approximate surface area is 63.1 Å². The third-order valence-electron chi connectivity index (χ3n) is 1.56. The van der Waals surface area contributed by atoms with Crippen molar-refractivity contribution in [2.75, 3.05) is 0 Å². The van der Waals surface area contributed by atoms with Gasteiger partial charge in [0, 0.05) is 0 Å². The summed E-state index contributed by atoms with van der Waals surface area (Å²) >= 11 is 1.65. The standard InChI is InChI=1S/C6H7N3S/c7-6-5-4(1-2-10-5)8-3-9-6/h1-5H,(H2,7,8,9). The Balaban J connectivity index is 2.27. The van der Waals surface area contributed by atoms with Crippen LogP contribution in [-0.4, -0.2) is 23.5 Å². The first-order valence-corrected chi connectivity index (χ1v) is 4.01. The van der Waals surface area contributed by atoms with Crippen molar-refractivity contribution in [3.05, 3.63) is 11.5 Å². The molecule has 0 fully saturated rings. The zero-order valence-electron chi connectivity index (χ0n) is 5.24. The molecule has 0 amide bonds. The lowest BCUT2D eigenvalue weighted by Crippen LogP contribution is -2.40. The predicted molar refractivity (Wildman–Crippen MR) is 43.7 cm³/mol. The highest BCUT2D eigenvalue weighted by molar-refractivity contribution is 8.03. The molecule has 2 unspecified atom stereocenters. The van der Waals surface area contributed by atoms with E-state index in [0.29, 0.717) is 5.84 Å². The van der Waals surface area contributed by atoms with E-state index in [2.05, 4.69) is 10.3 Å². The number of amidine groups is 1. The molecule has 0 radical (unpaired) electrons. The summed E-state index contributed by atoms with van der Waals surface area (Å²) in [5.74, 6) is 0.565. The van der Waals surface area contributed by atoms with Gasteiger partial charge in [0.2, 0.25) is 0 Å². The summed E-state index contributed by atoms with van der Waals surface area (Å²) in [6.45, 7) is 0. The van der Waals surface area contributed by atoms with Crippen molar-refractivity contribution in [2.45, 2.75) is 11.3 Å². The molecule has 10 heavy (non-hydrogen) atoms. The van der Waals surface area contributed by atoms with Gasteiger partial charge >= 0.3 is 0 Å². The van der Waals surface area contributed by atoms with Gasteiger partial charge in [-0.3, -0.25) is 10.4 Å². The maximum absolute atomic E-state index is 7.45. The fourth-order valence-corrected chi connectivity index (χ4v) is 1.98. The van der Waals surface area contributed by atoms with Gasteiger partial charge in [-0.15, -0.1) is 11.8 Å². The van der Waals surface area contributed by atoms with E-state index in [4.69, 9.17) is 5.41 Å². The maximum atomic E-state index is 7.45. The van der Waals surface area contributed by atoms with E-state index in [9.17, 15) is 0 Å². The van der Waals surface area contributed by atoms with Crippen molar-refractivity contribution in [1.29, 1.82) is 5.41 Å². The first-order valence-electron chi connectivity index (χ1n) is 3.07. The monoisotopic (exact) mass is 153 g/mol. The molecule has 2 atom stereocenters. The van der Waals surface area contributed by atoms with E-state index >= 15 is 0 Å². The normalized spacial score (nSPS) is 35.8. The molecule has 2 heterocycles. The first-order chi connectivity index (χ1) is 4.88. The van der Waals surface area contributed by atoms with Crippen molar-refractivity contribution >= 4 is 23.9 Å². The summed E-state index contributed by atoms with van der Waals surface area (Å²) in [5, 5.41) is 12.5. The van der Waals surface area contributed by atoms with Crippen molar-refractivity contribution in [1.82, 2.24) is 5.32 Å². The van der Waals surface area contributed by atoms with E-state index in [-0.39, 0.29) is 11.3 Å². The van der Waals surface area contributed by atoms with E-state index < -0.39 is 0 Å². The van der Waals surface area contributed by atoms with E-state index in [1.165, 1.54) is 0 Å². The zero-order chi connectivity index (χ0) is 6.97. The highest BCUT2D eigenvalue weighted by Crippen LogP contribution is 2.27. The molecule has 0 saturated heterocycles. The van der Waals surface area contributed by atoms with E-state index in [1.54, 1.807) is 18.1 Å². The predicted octanol–water partition coefficient (Wildman–Crippen LogP) is 0.593. The van der Waals surface area contributed by atoms with Gasteiger partial charge in [-0.05, 0) is 5.41 Å².